The number of phenols is 1. The molecule has 0 amide bonds. The summed E-state index contributed by atoms with van der Waals surface area (Å²) in [7, 11) is -1.69. The van der Waals surface area contributed by atoms with Crippen LogP contribution in [-0.4, -0.2) is 13.2 Å². The maximum absolute atomic E-state index is 14.0. The van der Waals surface area contributed by atoms with E-state index in [9.17, 15) is 13.9 Å². The molecule has 4 rings (SSSR count). The van der Waals surface area contributed by atoms with E-state index in [0.29, 0.717) is 0 Å². The van der Waals surface area contributed by atoms with Crippen molar-refractivity contribution in [3.05, 3.63) is 59.7 Å². The maximum atomic E-state index is 14.0. The molecule has 2 aromatic rings. The summed E-state index contributed by atoms with van der Waals surface area (Å²) in [5.41, 5.74) is 1.55. The third-order valence-electron chi connectivity index (χ3n) is 9.33. The lowest BCUT2D eigenvalue weighted by Gasteiger charge is -2.47. The summed E-state index contributed by atoms with van der Waals surface area (Å²) in [6, 6.07) is 16.4. The Hall–Kier alpha value is -1.68. The zero-order chi connectivity index (χ0) is 24.7. The van der Waals surface area contributed by atoms with Gasteiger partial charge in [0.1, 0.15) is 0 Å². The van der Waals surface area contributed by atoms with Crippen LogP contribution in [0.15, 0.2) is 42.5 Å². The Balaban J connectivity index is 1.39. The smallest absolute Gasteiger partial charge is 0.187 e. The fraction of sp³-hybridized carbons (Fsp3) is 0.613. The molecule has 1 N–H and O–H groups in total. The van der Waals surface area contributed by atoms with Crippen molar-refractivity contribution in [3.63, 3.8) is 0 Å². The third-order valence-corrected chi connectivity index (χ3v) is 15.3. The number of hydrogen-bond donors (Lipinski definition) is 1. The largest absolute Gasteiger partial charge is 0.503 e. The zero-order valence-corrected chi connectivity index (χ0v) is 22.6. The third kappa shape index (κ3) is 6.36. The second-order valence-corrected chi connectivity index (χ2v) is 16.1. The van der Waals surface area contributed by atoms with Crippen molar-refractivity contribution in [2.24, 2.45) is 5.92 Å². The molecule has 35 heavy (non-hydrogen) atoms. The van der Waals surface area contributed by atoms with Crippen LogP contribution in [0.1, 0.15) is 102 Å². The first kappa shape index (κ1) is 26.4. The van der Waals surface area contributed by atoms with Gasteiger partial charge in [0, 0.05) is 0 Å². The van der Waals surface area contributed by atoms with Crippen molar-refractivity contribution < 1.29 is 13.9 Å². The molecule has 1 aliphatic heterocycles. The second-order valence-electron chi connectivity index (χ2n) is 11.4. The number of halogens is 2. The number of unbranched alkanes of at least 4 members (excludes halogenated alkanes) is 5. The van der Waals surface area contributed by atoms with Gasteiger partial charge in [-0.05, 0) is 47.9 Å². The van der Waals surface area contributed by atoms with Crippen LogP contribution >= 0.6 is 0 Å². The number of phenolic OH excluding ortho intramolecular Hbond substituents is 1. The van der Waals surface area contributed by atoms with E-state index in [-0.39, 0.29) is 5.92 Å². The molecule has 2 fully saturated rings. The van der Waals surface area contributed by atoms with Gasteiger partial charge in [0.15, 0.2) is 17.4 Å². The second kappa shape index (κ2) is 12.5. The predicted octanol–water partition coefficient (Wildman–Crippen LogP) is 9.21. The first-order valence-corrected chi connectivity index (χ1v) is 16.8. The molecule has 1 aliphatic carbocycles. The van der Waals surface area contributed by atoms with E-state index in [4.69, 9.17) is 0 Å². The highest BCUT2D eigenvalue weighted by atomic mass is 28.3. The number of rotatable bonds is 10. The van der Waals surface area contributed by atoms with Crippen molar-refractivity contribution in [3.8, 4) is 5.75 Å². The average molecular weight is 499 g/mol. The van der Waals surface area contributed by atoms with Crippen LogP contribution < -0.4 is 5.19 Å². The monoisotopic (exact) mass is 498 g/mol. The van der Waals surface area contributed by atoms with E-state index in [1.807, 2.05) is 0 Å². The fourth-order valence-corrected chi connectivity index (χ4v) is 13.3. The summed E-state index contributed by atoms with van der Waals surface area (Å²) in [4.78, 5) is 0. The van der Waals surface area contributed by atoms with Gasteiger partial charge in [-0.2, -0.15) is 0 Å². The molecule has 2 aromatic carbocycles. The Labute approximate surface area is 212 Å². The van der Waals surface area contributed by atoms with Crippen LogP contribution in [-0.2, 0) is 0 Å². The van der Waals surface area contributed by atoms with Crippen LogP contribution in [0.25, 0.3) is 0 Å². The molecule has 1 saturated carbocycles. The van der Waals surface area contributed by atoms with Gasteiger partial charge in [-0.15, -0.1) is 0 Å². The Bertz CT molecular complexity index is 892. The number of benzene rings is 2. The molecule has 4 heteroatoms. The quantitative estimate of drug-likeness (QED) is 0.256. The van der Waals surface area contributed by atoms with Crippen molar-refractivity contribution >= 4 is 13.3 Å². The molecule has 1 heterocycles. The molecule has 0 bridgehead atoms. The highest BCUT2D eigenvalue weighted by molar-refractivity contribution is 6.93. The van der Waals surface area contributed by atoms with Crippen molar-refractivity contribution in [1.82, 2.24) is 0 Å². The predicted molar refractivity (Wildman–Crippen MR) is 145 cm³/mol. The summed E-state index contributed by atoms with van der Waals surface area (Å²) < 4.78 is 28.0. The summed E-state index contributed by atoms with van der Waals surface area (Å²) >= 11 is 0. The molecule has 192 valence electrons. The Morgan fingerprint density at radius 1 is 0.800 bits per heavy atom. The van der Waals surface area contributed by atoms with Crippen LogP contribution in [0.5, 0.6) is 5.75 Å². The first-order chi connectivity index (χ1) is 17.0. The Morgan fingerprint density at radius 3 is 2.03 bits per heavy atom. The molecule has 0 unspecified atom stereocenters. The lowest BCUT2D eigenvalue weighted by Crippen LogP contribution is -2.54. The van der Waals surface area contributed by atoms with E-state index in [1.54, 1.807) is 5.19 Å². The van der Waals surface area contributed by atoms with E-state index < -0.39 is 25.5 Å². The van der Waals surface area contributed by atoms with Crippen molar-refractivity contribution in [2.45, 2.75) is 114 Å². The lowest BCUT2D eigenvalue weighted by molar-refractivity contribution is 0.322. The normalized spacial score (nSPS) is 27.1. The van der Waals surface area contributed by atoms with Gasteiger partial charge in [-0.3, -0.25) is 0 Å². The van der Waals surface area contributed by atoms with E-state index in [2.05, 4.69) is 37.3 Å². The van der Waals surface area contributed by atoms with Gasteiger partial charge in [0.2, 0.25) is 0 Å². The fourth-order valence-electron chi connectivity index (χ4n) is 7.21. The van der Waals surface area contributed by atoms with Gasteiger partial charge in [0.25, 0.3) is 0 Å². The molecular weight excluding hydrogens is 454 g/mol. The van der Waals surface area contributed by atoms with Gasteiger partial charge >= 0.3 is 0 Å². The Kier molecular flexibility index (Phi) is 9.44. The molecule has 0 spiro atoms. The average Bonchev–Trinajstić information content (AvgIpc) is 2.90. The van der Waals surface area contributed by atoms with Gasteiger partial charge < -0.3 is 5.11 Å². The van der Waals surface area contributed by atoms with Gasteiger partial charge in [-0.1, -0.05) is 125 Å². The molecule has 0 aromatic heterocycles. The molecule has 0 atom stereocenters. The van der Waals surface area contributed by atoms with E-state index >= 15 is 0 Å². The highest BCUT2D eigenvalue weighted by Gasteiger charge is 2.46. The van der Waals surface area contributed by atoms with E-state index in [0.717, 1.165) is 29.9 Å². The Morgan fingerprint density at radius 2 is 1.40 bits per heavy atom. The molecule has 1 nitrogen and oxygen atoms in total. The summed E-state index contributed by atoms with van der Waals surface area (Å²) in [5, 5.41) is 11.1. The van der Waals surface area contributed by atoms with Gasteiger partial charge in [-0.25, -0.2) is 8.78 Å². The molecular formula is C31H44F2OSi. The first-order valence-electron chi connectivity index (χ1n) is 14.3. The minimum absolute atomic E-state index is 0.188. The van der Waals surface area contributed by atoms with E-state index in [1.165, 1.54) is 94.8 Å². The molecule has 1 saturated heterocycles. The van der Waals surface area contributed by atoms with Crippen LogP contribution in [0, 0.1) is 17.6 Å². The summed E-state index contributed by atoms with van der Waals surface area (Å²) in [6.45, 7) is 2.28. The van der Waals surface area contributed by atoms with Crippen LogP contribution in [0.3, 0.4) is 0 Å². The molecule has 0 radical (unpaired) electrons. The topological polar surface area (TPSA) is 20.2 Å². The number of hydrogen-bond acceptors (Lipinski definition) is 1. The SMILES string of the molecule is CCCCCCCC[C@H]1CC[C@H]([Si]2(c3ccccc3)CCC(c3cc(F)c(O)c(F)c3)CC2)CC1. The highest BCUT2D eigenvalue weighted by Crippen LogP contribution is 2.50. The summed E-state index contributed by atoms with van der Waals surface area (Å²) in [6.07, 6.45) is 17.3. The maximum Gasteiger partial charge on any atom is 0.187 e. The minimum Gasteiger partial charge on any atom is -0.503 e. The standard InChI is InChI=1S/C31H44F2OSi/c1-2-3-4-5-6-8-11-24-14-16-28(17-15-24)35(27-12-9-7-10-13-27)20-18-25(19-21-35)26-22-29(32)31(34)30(33)23-26/h7,9-10,12-13,22-25,28,34H,2-6,8,11,14-21H2,1H3/t24-,25?,28-,35?. The van der Waals surface area contributed by atoms with Crippen LogP contribution in [0.2, 0.25) is 17.6 Å². The summed E-state index contributed by atoms with van der Waals surface area (Å²) in [5.74, 6) is -1.41. The van der Waals surface area contributed by atoms with Gasteiger partial charge in [0.05, 0.1) is 8.07 Å². The zero-order valence-electron chi connectivity index (χ0n) is 21.6. The minimum atomic E-state index is -1.69. The van der Waals surface area contributed by atoms with Crippen LogP contribution in [0.4, 0.5) is 8.78 Å². The number of aromatic hydroxyl groups is 1. The van der Waals surface area contributed by atoms with Crippen molar-refractivity contribution in [2.75, 3.05) is 0 Å². The lowest BCUT2D eigenvalue weighted by atomic mass is 9.85. The van der Waals surface area contributed by atoms with Crippen molar-refractivity contribution in [1.29, 1.82) is 0 Å². The molecule has 2 aliphatic rings.